The van der Waals surface area contributed by atoms with Gasteiger partial charge in [-0.3, -0.25) is 0 Å². The van der Waals surface area contributed by atoms with Gasteiger partial charge in [-0.25, -0.2) is 4.98 Å². The van der Waals surface area contributed by atoms with E-state index in [9.17, 15) is 0 Å². The van der Waals surface area contributed by atoms with Crippen LogP contribution in [0.3, 0.4) is 0 Å². The van der Waals surface area contributed by atoms with Crippen LogP contribution in [-0.2, 0) is 6.42 Å². The smallest absolute Gasteiger partial charge is 0.277 e. The number of aromatic nitrogens is 3. The van der Waals surface area contributed by atoms with E-state index in [2.05, 4.69) is 15.1 Å². The number of thiazole rings is 1. The fraction of sp³-hybridized carbons (Fsp3) is 0.154. The minimum absolute atomic E-state index is 0.390. The lowest BCUT2D eigenvalue weighted by Crippen LogP contribution is -1.91. The van der Waals surface area contributed by atoms with E-state index in [1.165, 1.54) is 11.3 Å². The van der Waals surface area contributed by atoms with Gasteiger partial charge in [-0.2, -0.15) is 4.98 Å². The van der Waals surface area contributed by atoms with Crippen molar-refractivity contribution < 1.29 is 9.26 Å². The molecule has 0 saturated carbocycles. The minimum Gasteiger partial charge on any atom is -0.497 e. The highest BCUT2D eigenvalue weighted by atomic mass is 32.1. The van der Waals surface area contributed by atoms with Crippen LogP contribution in [0.4, 0.5) is 5.13 Å². The van der Waals surface area contributed by atoms with E-state index in [0.717, 1.165) is 11.3 Å². The first-order valence-electron chi connectivity index (χ1n) is 5.91. The molecule has 0 saturated heterocycles. The number of hydrogen-bond acceptors (Lipinski definition) is 7. The fourth-order valence-electron chi connectivity index (χ4n) is 1.74. The molecule has 0 aliphatic carbocycles. The first kappa shape index (κ1) is 12.6. The number of rotatable bonds is 4. The molecule has 6 nitrogen and oxygen atoms in total. The number of hydrogen-bond donors (Lipinski definition) is 1. The summed E-state index contributed by atoms with van der Waals surface area (Å²) < 4.78 is 10.3. The van der Waals surface area contributed by atoms with Gasteiger partial charge in [-0.15, -0.1) is 11.3 Å². The van der Waals surface area contributed by atoms with Crippen LogP contribution in [0.15, 0.2) is 34.2 Å². The van der Waals surface area contributed by atoms with Gasteiger partial charge in [0.1, 0.15) is 11.4 Å². The van der Waals surface area contributed by atoms with Crippen LogP contribution in [0, 0.1) is 0 Å². The van der Waals surface area contributed by atoms with E-state index in [-0.39, 0.29) is 0 Å². The molecule has 20 heavy (non-hydrogen) atoms. The van der Waals surface area contributed by atoms with Gasteiger partial charge in [0, 0.05) is 11.8 Å². The van der Waals surface area contributed by atoms with Crippen LogP contribution in [0.1, 0.15) is 11.4 Å². The maximum absolute atomic E-state index is 5.58. The highest BCUT2D eigenvalue weighted by molar-refractivity contribution is 7.13. The monoisotopic (exact) mass is 288 g/mol. The summed E-state index contributed by atoms with van der Waals surface area (Å²) >= 11 is 1.34. The number of nitrogens with zero attached hydrogens (tertiary/aromatic N) is 3. The van der Waals surface area contributed by atoms with Crippen LogP contribution in [0.25, 0.3) is 11.6 Å². The maximum atomic E-state index is 5.58. The molecule has 0 atom stereocenters. The summed E-state index contributed by atoms with van der Waals surface area (Å²) in [7, 11) is 1.64. The van der Waals surface area contributed by atoms with E-state index in [4.69, 9.17) is 15.0 Å². The van der Waals surface area contributed by atoms with E-state index in [0.29, 0.717) is 29.0 Å². The molecule has 0 bridgehead atoms. The van der Waals surface area contributed by atoms with Crippen molar-refractivity contribution in [2.24, 2.45) is 0 Å². The van der Waals surface area contributed by atoms with Gasteiger partial charge in [-0.05, 0) is 17.7 Å². The summed E-state index contributed by atoms with van der Waals surface area (Å²) in [6.07, 6.45) is 0.590. The minimum atomic E-state index is 0.390. The van der Waals surface area contributed by atoms with Crippen LogP contribution >= 0.6 is 11.3 Å². The molecular weight excluding hydrogens is 276 g/mol. The Bertz CT molecular complexity index is 705. The third-order valence-electron chi connectivity index (χ3n) is 2.73. The molecule has 0 spiro atoms. The second-order valence-corrected chi connectivity index (χ2v) is 5.00. The van der Waals surface area contributed by atoms with E-state index >= 15 is 0 Å². The topological polar surface area (TPSA) is 87.1 Å². The van der Waals surface area contributed by atoms with Crippen molar-refractivity contribution in [1.29, 1.82) is 0 Å². The first-order valence-corrected chi connectivity index (χ1v) is 6.79. The Kier molecular flexibility index (Phi) is 3.34. The van der Waals surface area contributed by atoms with Gasteiger partial charge in [0.2, 0.25) is 0 Å². The predicted molar refractivity (Wildman–Crippen MR) is 75.6 cm³/mol. The van der Waals surface area contributed by atoms with E-state index in [1.807, 2.05) is 24.3 Å². The normalized spacial score (nSPS) is 10.7. The van der Waals surface area contributed by atoms with E-state index < -0.39 is 0 Å². The molecule has 1 aromatic carbocycles. The molecule has 102 valence electrons. The molecule has 0 amide bonds. The third kappa shape index (κ3) is 2.62. The molecular formula is C13H12N4O2S. The summed E-state index contributed by atoms with van der Waals surface area (Å²) in [5.74, 6) is 1.82. The largest absolute Gasteiger partial charge is 0.497 e. The lowest BCUT2D eigenvalue weighted by atomic mass is 10.1. The van der Waals surface area contributed by atoms with Gasteiger partial charge in [0.25, 0.3) is 5.89 Å². The van der Waals surface area contributed by atoms with Crippen LogP contribution in [0.5, 0.6) is 5.75 Å². The Morgan fingerprint density at radius 1 is 1.25 bits per heavy atom. The fourth-order valence-corrected chi connectivity index (χ4v) is 2.28. The number of anilines is 1. The average Bonchev–Trinajstić information content (AvgIpc) is 3.09. The molecule has 2 aromatic heterocycles. The van der Waals surface area contributed by atoms with Crippen molar-refractivity contribution in [3.63, 3.8) is 0 Å². The summed E-state index contributed by atoms with van der Waals surface area (Å²) in [6, 6.07) is 7.74. The zero-order valence-electron chi connectivity index (χ0n) is 10.7. The number of ether oxygens (including phenoxy) is 1. The zero-order chi connectivity index (χ0) is 13.9. The van der Waals surface area contributed by atoms with Crippen molar-refractivity contribution in [2.45, 2.75) is 6.42 Å². The molecule has 0 aliphatic heterocycles. The Labute approximate surface area is 119 Å². The maximum Gasteiger partial charge on any atom is 0.277 e. The highest BCUT2D eigenvalue weighted by Crippen LogP contribution is 2.22. The van der Waals surface area contributed by atoms with Crippen molar-refractivity contribution in [3.05, 3.63) is 41.0 Å². The Balaban J connectivity index is 1.76. The zero-order valence-corrected chi connectivity index (χ0v) is 11.6. The molecule has 3 rings (SSSR count). The second-order valence-electron chi connectivity index (χ2n) is 4.11. The van der Waals surface area contributed by atoms with Crippen LogP contribution < -0.4 is 10.5 Å². The summed E-state index contributed by atoms with van der Waals surface area (Å²) in [6.45, 7) is 0. The van der Waals surface area contributed by atoms with Crippen molar-refractivity contribution in [1.82, 2.24) is 15.1 Å². The number of benzene rings is 1. The second kappa shape index (κ2) is 5.30. The van der Waals surface area contributed by atoms with E-state index in [1.54, 1.807) is 12.5 Å². The SMILES string of the molecule is COc1ccc(Cc2noc(-c3csc(N)n3)n2)cc1. The molecule has 7 heteroatoms. The predicted octanol–water partition coefficient (Wildman–Crippen LogP) is 2.37. The Morgan fingerprint density at radius 3 is 2.70 bits per heavy atom. The van der Waals surface area contributed by atoms with Gasteiger partial charge in [0.05, 0.1) is 7.11 Å². The molecule has 2 heterocycles. The number of nitrogen functional groups attached to an aromatic ring is 1. The standard InChI is InChI=1S/C13H12N4O2S/c1-18-9-4-2-8(3-5-9)6-11-16-12(19-17-11)10-7-20-13(14)15-10/h2-5,7H,6H2,1H3,(H2,14,15). The van der Waals surface area contributed by atoms with Crippen molar-refractivity contribution in [2.75, 3.05) is 12.8 Å². The average molecular weight is 288 g/mol. The van der Waals surface area contributed by atoms with Gasteiger partial charge in [-0.1, -0.05) is 17.3 Å². The molecule has 0 radical (unpaired) electrons. The summed E-state index contributed by atoms with van der Waals surface area (Å²) in [5.41, 5.74) is 7.27. The summed E-state index contributed by atoms with van der Waals surface area (Å²) in [4.78, 5) is 8.42. The van der Waals surface area contributed by atoms with Gasteiger partial charge in [0.15, 0.2) is 11.0 Å². The lowest BCUT2D eigenvalue weighted by molar-refractivity contribution is 0.414. The molecule has 3 aromatic rings. The van der Waals surface area contributed by atoms with Crippen molar-refractivity contribution >= 4 is 16.5 Å². The lowest BCUT2D eigenvalue weighted by Gasteiger charge is -2.00. The molecule has 2 N–H and O–H groups in total. The molecule has 0 unspecified atom stereocenters. The first-order chi connectivity index (χ1) is 9.74. The number of methoxy groups -OCH3 is 1. The highest BCUT2D eigenvalue weighted by Gasteiger charge is 2.12. The Hall–Kier alpha value is -2.41. The summed E-state index contributed by atoms with van der Waals surface area (Å²) in [5, 5.41) is 6.22. The number of nitrogens with two attached hydrogens (primary N) is 1. The van der Waals surface area contributed by atoms with Gasteiger partial charge < -0.3 is 15.0 Å². The Morgan fingerprint density at radius 2 is 2.05 bits per heavy atom. The molecule has 0 fully saturated rings. The van der Waals surface area contributed by atoms with Crippen LogP contribution in [-0.4, -0.2) is 22.2 Å². The van der Waals surface area contributed by atoms with Crippen molar-refractivity contribution in [3.8, 4) is 17.3 Å². The quantitative estimate of drug-likeness (QED) is 0.793. The third-order valence-corrected chi connectivity index (χ3v) is 3.40. The van der Waals surface area contributed by atoms with Crippen LogP contribution in [0.2, 0.25) is 0 Å². The molecule has 0 aliphatic rings. The van der Waals surface area contributed by atoms with Gasteiger partial charge >= 0.3 is 0 Å².